The maximum Gasteiger partial charge on any atom is 0.220 e. The van der Waals surface area contributed by atoms with Crippen molar-refractivity contribution in [3.8, 4) is 11.3 Å². The second-order valence-electron chi connectivity index (χ2n) is 5.55. The fraction of sp³-hybridized carbons (Fsp3) is 0.250. The second-order valence-corrected chi connectivity index (χ2v) is 6.47. The van der Waals surface area contributed by atoms with Crippen LogP contribution in [0, 0.1) is 5.92 Å². The normalized spacial score (nSPS) is 10.9. The number of rotatable bonds is 3. The van der Waals surface area contributed by atoms with E-state index in [1.807, 2.05) is 6.07 Å². The van der Waals surface area contributed by atoms with Crippen molar-refractivity contribution in [1.29, 1.82) is 0 Å². The summed E-state index contributed by atoms with van der Waals surface area (Å²) < 4.78 is 3.33. The highest BCUT2D eigenvalue weighted by molar-refractivity contribution is 9.10. The van der Waals surface area contributed by atoms with Crippen molar-refractivity contribution in [3.63, 3.8) is 0 Å². The first-order valence-corrected chi connectivity index (χ1v) is 7.71. The molecule has 3 aromatic rings. The summed E-state index contributed by atoms with van der Waals surface area (Å²) in [7, 11) is 0. The number of halogens is 2. The van der Waals surface area contributed by atoms with Gasteiger partial charge in [0.25, 0.3) is 0 Å². The fourth-order valence-corrected chi connectivity index (χ4v) is 2.90. The van der Waals surface area contributed by atoms with Crippen molar-refractivity contribution in [1.82, 2.24) is 14.5 Å². The molecule has 0 radical (unpaired) electrons. The van der Waals surface area contributed by atoms with Gasteiger partial charge in [0.15, 0.2) is 0 Å². The Balaban J connectivity index is 0.00000176. The summed E-state index contributed by atoms with van der Waals surface area (Å²) in [5, 5.41) is 1.17. The van der Waals surface area contributed by atoms with Gasteiger partial charge in [-0.05, 0) is 30.2 Å². The molecule has 0 aliphatic carbocycles. The zero-order chi connectivity index (χ0) is 15.0. The van der Waals surface area contributed by atoms with Gasteiger partial charge in [-0.2, -0.15) is 0 Å². The highest BCUT2D eigenvalue weighted by Gasteiger charge is 2.13. The van der Waals surface area contributed by atoms with Crippen molar-refractivity contribution < 1.29 is 0 Å². The molecule has 0 aliphatic heterocycles. The van der Waals surface area contributed by atoms with Crippen LogP contribution in [0.5, 0.6) is 0 Å². The zero-order valence-electron chi connectivity index (χ0n) is 12.5. The first-order valence-electron chi connectivity index (χ1n) is 6.92. The van der Waals surface area contributed by atoms with Crippen LogP contribution in [-0.4, -0.2) is 14.5 Å². The van der Waals surface area contributed by atoms with Crippen LogP contribution in [0.25, 0.3) is 22.2 Å². The lowest BCUT2D eigenvalue weighted by molar-refractivity contribution is 0.535. The minimum Gasteiger partial charge on any atom is -0.368 e. The topological polar surface area (TPSA) is 56.7 Å². The van der Waals surface area contributed by atoms with Crippen LogP contribution in [0.3, 0.4) is 0 Å². The number of nitrogen functional groups attached to an aromatic ring is 1. The number of nitrogens with two attached hydrogens (primary N) is 1. The lowest BCUT2D eigenvalue weighted by atomic mass is 10.1. The number of benzene rings is 1. The van der Waals surface area contributed by atoms with E-state index in [2.05, 4.69) is 68.7 Å². The SMILES string of the molecule is CC(C)Cn1cc(-c2ccnc(N)n2)c2cc(Br)ccc21.Cl. The Kier molecular flexibility index (Phi) is 5.08. The Morgan fingerprint density at radius 3 is 2.73 bits per heavy atom. The smallest absolute Gasteiger partial charge is 0.220 e. The molecule has 22 heavy (non-hydrogen) atoms. The van der Waals surface area contributed by atoms with E-state index in [4.69, 9.17) is 5.73 Å². The van der Waals surface area contributed by atoms with Crippen LogP contribution in [0.1, 0.15) is 13.8 Å². The molecule has 116 valence electrons. The maximum absolute atomic E-state index is 5.72. The van der Waals surface area contributed by atoms with E-state index < -0.39 is 0 Å². The number of anilines is 1. The maximum atomic E-state index is 5.72. The summed E-state index contributed by atoms with van der Waals surface area (Å²) in [5.74, 6) is 0.875. The van der Waals surface area contributed by atoms with Gasteiger partial charge in [-0.1, -0.05) is 29.8 Å². The largest absolute Gasteiger partial charge is 0.368 e. The van der Waals surface area contributed by atoms with E-state index in [-0.39, 0.29) is 12.4 Å². The quantitative estimate of drug-likeness (QED) is 0.725. The Bertz CT molecular complexity index is 798. The van der Waals surface area contributed by atoms with Gasteiger partial charge in [-0.15, -0.1) is 12.4 Å². The molecule has 2 N–H and O–H groups in total. The third-order valence-corrected chi connectivity index (χ3v) is 3.85. The van der Waals surface area contributed by atoms with Crippen LogP contribution in [-0.2, 0) is 6.54 Å². The number of fused-ring (bicyclic) bond motifs is 1. The van der Waals surface area contributed by atoms with Crippen LogP contribution < -0.4 is 5.73 Å². The first kappa shape index (κ1) is 16.8. The zero-order valence-corrected chi connectivity index (χ0v) is 14.9. The molecule has 3 rings (SSSR count). The predicted octanol–water partition coefficient (Wildman–Crippen LogP) is 4.52. The van der Waals surface area contributed by atoms with E-state index in [0.717, 1.165) is 22.3 Å². The molecule has 2 aromatic heterocycles. The molecule has 0 bridgehead atoms. The third kappa shape index (κ3) is 3.25. The van der Waals surface area contributed by atoms with Crippen molar-refractivity contribution in [3.05, 3.63) is 41.1 Å². The van der Waals surface area contributed by atoms with Crippen LogP contribution >= 0.6 is 28.3 Å². The van der Waals surface area contributed by atoms with E-state index in [0.29, 0.717) is 11.9 Å². The number of hydrogen-bond donors (Lipinski definition) is 1. The Morgan fingerprint density at radius 2 is 2.05 bits per heavy atom. The molecule has 0 fully saturated rings. The molecule has 6 heteroatoms. The van der Waals surface area contributed by atoms with Crippen molar-refractivity contribution >= 4 is 45.2 Å². The van der Waals surface area contributed by atoms with Crippen LogP contribution in [0.2, 0.25) is 0 Å². The molecule has 0 amide bonds. The monoisotopic (exact) mass is 380 g/mol. The lowest BCUT2D eigenvalue weighted by Crippen LogP contribution is -2.02. The van der Waals surface area contributed by atoms with E-state index in [9.17, 15) is 0 Å². The van der Waals surface area contributed by atoms with Gasteiger partial charge in [0, 0.05) is 39.9 Å². The van der Waals surface area contributed by atoms with Gasteiger partial charge in [-0.3, -0.25) is 0 Å². The van der Waals surface area contributed by atoms with Gasteiger partial charge in [0.2, 0.25) is 5.95 Å². The summed E-state index contributed by atoms with van der Waals surface area (Å²) in [5.41, 5.74) is 8.87. The average Bonchev–Trinajstić information content (AvgIpc) is 2.76. The van der Waals surface area contributed by atoms with Crippen molar-refractivity contribution in [2.45, 2.75) is 20.4 Å². The summed E-state index contributed by atoms with van der Waals surface area (Å²) in [6, 6.07) is 8.22. The molecule has 4 nitrogen and oxygen atoms in total. The first-order chi connectivity index (χ1) is 10.0. The number of hydrogen-bond acceptors (Lipinski definition) is 3. The average molecular weight is 382 g/mol. The van der Waals surface area contributed by atoms with Crippen molar-refractivity contribution in [2.75, 3.05) is 5.73 Å². The van der Waals surface area contributed by atoms with Gasteiger partial charge in [0.05, 0.1) is 5.69 Å². The van der Waals surface area contributed by atoms with E-state index >= 15 is 0 Å². The van der Waals surface area contributed by atoms with Gasteiger partial charge in [0.1, 0.15) is 0 Å². The van der Waals surface area contributed by atoms with Gasteiger partial charge in [-0.25, -0.2) is 9.97 Å². The van der Waals surface area contributed by atoms with E-state index in [1.54, 1.807) is 6.20 Å². The molecule has 0 saturated heterocycles. The third-order valence-electron chi connectivity index (χ3n) is 3.36. The molecular weight excluding hydrogens is 364 g/mol. The Labute approximate surface area is 144 Å². The predicted molar refractivity (Wildman–Crippen MR) is 97.2 cm³/mol. The van der Waals surface area contributed by atoms with Gasteiger partial charge < -0.3 is 10.3 Å². The lowest BCUT2D eigenvalue weighted by Gasteiger charge is -2.07. The van der Waals surface area contributed by atoms with Crippen LogP contribution in [0.15, 0.2) is 41.1 Å². The van der Waals surface area contributed by atoms with E-state index in [1.165, 1.54) is 10.9 Å². The molecule has 2 heterocycles. The molecule has 0 spiro atoms. The summed E-state index contributed by atoms with van der Waals surface area (Å²) in [4.78, 5) is 8.32. The molecule has 0 atom stereocenters. The van der Waals surface area contributed by atoms with Crippen LogP contribution in [0.4, 0.5) is 5.95 Å². The Morgan fingerprint density at radius 1 is 1.27 bits per heavy atom. The highest BCUT2D eigenvalue weighted by atomic mass is 79.9. The second kappa shape index (κ2) is 6.67. The minimum atomic E-state index is 0. The number of nitrogens with zero attached hydrogens (tertiary/aromatic N) is 3. The Hall–Kier alpha value is -1.59. The summed E-state index contributed by atoms with van der Waals surface area (Å²) >= 11 is 3.55. The minimum absolute atomic E-state index is 0. The summed E-state index contributed by atoms with van der Waals surface area (Å²) in [6.07, 6.45) is 3.85. The molecule has 0 unspecified atom stereocenters. The fourth-order valence-electron chi connectivity index (χ4n) is 2.54. The van der Waals surface area contributed by atoms with Crippen molar-refractivity contribution in [2.24, 2.45) is 5.92 Å². The molecule has 0 aliphatic rings. The molecule has 1 aromatic carbocycles. The van der Waals surface area contributed by atoms with Gasteiger partial charge >= 0.3 is 0 Å². The number of aromatic nitrogens is 3. The standard InChI is InChI=1S/C16H17BrN4.ClH/c1-10(2)8-21-9-13(14-5-6-19-16(18)20-14)12-7-11(17)3-4-15(12)21;/h3-7,9-10H,8H2,1-2H3,(H2,18,19,20);1H. The molecule has 0 saturated carbocycles. The molecular formula is C16H18BrClN4. The highest BCUT2D eigenvalue weighted by Crippen LogP contribution is 2.32. The summed E-state index contributed by atoms with van der Waals surface area (Å²) in [6.45, 7) is 5.40.